The summed E-state index contributed by atoms with van der Waals surface area (Å²) in [4.78, 5) is 27.9. The highest BCUT2D eigenvalue weighted by atomic mass is 16.2. The Bertz CT molecular complexity index is 624. The Morgan fingerprint density at radius 1 is 0.955 bits per heavy atom. The number of benzene rings is 1. The van der Waals surface area contributed by atoms with Crippen LogP contribution in [0.4, 0.5) is 0 Å². The van der Waals surface area contributed by atoms with E-state index in [1.54, 1.807) is 30.5 Å². The summed E-state index contributed by atoms with van der Waals surface area (Å²) in [5.41, 5.74) is 1.86. The second kappa shape index (κ2) is 7.93. The summed E-state index contributed by atoms with van der Waals surface area (Å²) in [7, 11) is 0. The third-order valence-electron chi connectivity index (χ3n) is 3.10. The molecule has 0 aliphatic carbocycles. The minimum atomic E-state index is -0.189. The fourth-order valence-corrected chi connectivity index (χ4v) is 1.89. The van der Waals surface area contributed by atoms with Crippen LogP contribution in [-0.2, 0) is 6.54 Å². The summed E-state index contributed by atoms with van der Waals surface area (Å²) in [6.07, 6.45) is 2.57. The van der Waals surface area contributed by atoms with Crippen molar-refractivity contribution in [2.24, 2.45) is 0 Å². The first-order valence-corrected chi connectivity index (χ1v) is 7.27. The van der Waals surface area contributed by atoms with Gasteiger partial charge in [0.2, 0.25) is 0 Å². The van der Waals surface area contributed by atoms with Crippen molar-refractivity contribution in [1.29, 1.82) is 0 Å². The Balaban J connectivity index is 1.92. The standard InChI is InChI=1S/C17H19N3O2/c1-2-10-19-16(21)13-6-8-14(9-7-13)17(22)20-12-15-5-3-4-11-18-15/h3-9,11H,2,10,12H2,1H3,(H,19,21)(H,20,22). The van der Waals surface area contributed by atoms with Crippen LogP contribution in [0.3, 0.4) is 0 Å². The molecule has 0 radical (unpaired) electrons. The lowest BCUT2D eigenvalue weighted by Crippen LogP contribution is -2.25. The van der Waals surface area contributed by atoms with Crippen molar-refractivity contribution in [1.82, 2.24) is 15.6 Å². The molecule has 2 N–H and O–H groups in total. The number of carbonyl (C=O) groups is 2. The summed E-state index contributed by atoms with van der Waals surface area (Å²) < 4.78 is 0. The van der Waals surface area contributed by atoms with E-state index in [1.807, 2.05) is 25.1 Å². The number of carbonyl (C=O) groups excluding carboxylic acids is 2. The fourth-order valence-electron chi connectivity index (χ4n) is 1.89. The smallest absolute Gasteiger partial charge is 0.251 e. The Morgan fingerprint density at radius 3 is 2.14 bits per heavy atom. The summed E-state index contributed by atoms with van der Waals surface area (Å²) in [5.74, 6) is -0.312. The van der Waals surface area contributed by atoms with Crippen molar-refractivity contribution in [2.45, 2.75) is 19.9 Å². The van der Waals surface area contributed by atoms with Crippen molar-refractivity contribution >= 4 is 11.8 Å². The molecule has 0 saturated carbocycles. The number of pyridine rings is 1. The van der Waals surface area contributed by atoms with Gasteiger partial charge in [0.05, 0.1) is 12.2 Å². The topological polar surface area (TPSA) is 71.1 Å². The molecule has 0 bridgehead atoms. The van der Waals surface area contributed by atoms with Gasteiger partial charge in [0.1, 0.15) is 0 Å². The van der Waals surface area contributed by atoms with Crippen LogP contribution >= 0.6 is 0 Å². The van der Waals surface area contributed by atoms with Gasteiger partial charge in [0.25, 0.3) is 11.8 Å². The van der Waals surface area contributed by atoms with E-state index >= 15 is 0 Å². The lowest BCUT2D eigenvalue weighted by atomic mass is 10.1. The Kier molecular flexibility index (Phi) is 5.65. The first-order valence-electron chi connectivity index (χ1n) is 7.27. The van der Waals surface area contributed by atoms with Crippen molar-refractivity contribution in [2.75, 3.05) is 6.54 Å². The molecule has 1 heterocycles. The molecule has 1 aromatic carbocycles. The first kappa shape index (κ1) is 15.7. The minimum absolute atomic E-state index is 0.123. The molecule has 0 spiro atoms. The van der Waals surface area contributed by atoms with Crippen LogP contribution in [0.25, 0.3) is 0 Å². The normalized spacial score (nSPS) is 10.0. The molecular weight excluding hydrogens is 278 g/mol. The molecule has 5 heteroatoms. The van der Waals surface area contributed by atoms with Crippen LogP contribution in [0, 0.1) is 0 Å². The van der Waals surface area contributed by atoms with E-state index < -0.39 is 0 Å². The molecule has 0 atom stereocenters. The molecule has 2 rings (SSSR count). The number of nitrogens with one attached hydrogen (secondary N) is 2. The predicted molar refractivity (Wildman–Crippen MR) is 84.5 cm³/mol. The van der Waals surface area contributed by atoms with E-state index in [1.165, 1.54) is 0 Å². The largest absolute Gasteiger partial charge is 0.352 e. The van der Waals surface area contributed by atoms with Crippen molar-refractivity contribution in [3.8, 4) is 0 Å². The van der Waals surface area contributed by atoms with Gasteiger partial charge >= 0.3 is 0 Å². The maximum Gasteiger partial charge on any atom is 0.251 e. The molecule has 0 saturated heterocycles. The number of amides is 2. The molecular formula is C17H19N3O2. The average Bonchev–Trinajstić information content (AvgIpc) is 2.58. The van der Waals surface area contributed by atoms with Crippen molar-refractivity contribution in [3.05, 3.63) is 65.5 Å². The lowest BCUT2D eigenvalue weighted by molar-refractivity contribution is 0.0940. The van der Waals surface area contributed by atoms with Crippen LogP contribution in [0.5, 0.6) is 0 Å². The Hall–Kier alpha value is -2.69. The number of aromatic nitrogens is 1. The molecule has 114 valence electrons. The van der Waals surface area contributed by atoms with Crippen LogP contribution in [0.1, 0.15) is 39.8 Å². The molecule has 0 aliphatic heterocycles. The van der Waals surface area contributed by atoms with Gasteiger partial charge in [-0.3, -0.25) is 14.6 Å². The van der Waals surface area contributed by atoms with Gasteiger partial charge in [0, 0.05) is 23.9 Å². The Morgan fingerprint density at radius 2 is 1.59 bits per heavy atom. The highest BCUT2D eigenvalue weighted by molar-refractivity contribution is 5.97. The van der Waals surface area contributed by atoms with Gasteiger partial charge in [-0.1, -0.05) is 13.0 Å². The van der Waals surface area contributed by atoms with E-state index in [2.05, 4.69) is 15.6 Å². The maximum absolute atomic E-state index is 12.0. The predicted octanol–water partition coefficient (Wildman–Crippen LogP) is 2.15. The molecule has 0 aliphatic rings. The molecule has 0 fully saturated rings. The number of hydrogen-bond donors (Lipinski definition) is 2. The van der Waals surface area contributed by atoms with Gasteiger partial charge in [-0.05, 0) is 42.8 Å². The van der Waals surface area contributed by atoms with Crippen LogP contribution in [0.15, 0.2) is 48.7 Å². The summed E-state index contributed by atoms with van der Waals surface area (Å²) in [5, 5.41) is 5.59. The van der Waals surface area contributed by atoms with Gasteiger partial charge in [-0.15, -0.1) is 0 Å². The number of rotatable bonds is 6. The van der Waals surface area contributed by atoms with E-state index in [4.69, 9.17) is 0 Å². The maximum atomic E-state index is 12.0. The van der Waals surface area contributed by atoms with E-state index in [9.17, 15) is 9.59 Å². The molecule has 22 heavy (non-hydrogen) atoms. The van der Waals surface area contributed by atoms with E-state index in [-0.39, 0.29) is 11.8 Å². The molecule has 1 aromatic heterocycles. The number of hydrogen-bond acceptors (Lipinski definition) is 3. The van der Waals surface area contributed by atoms with Gasteiger partial charge in [0.15, 0.2) is 0 Å². The highest BCUT2D eigenvalue weighted by Crippen LogP contribution is 2.05. The van der Waals surface area contributed by atoms with Crippen LogP contribution in [0.2, 0.25) is 0 Å². The zero-order valence-electron chi connectivity index (χ0n) is 12.5. The van der Waals surface area contributed by atoms with Crippen molar-refractivity contribution in [3.63, 3.8) is 0 Å². The first-order chi connectivity index (χ1) is 10.7. The average molecular weight is 297 g/mol. The third kappa shape index (κ3) is 4.41. The van der Waals surface area contributed by atoms with E-state index in [0.717, 1.165) is 12.1 Å². The van der Waals surface area contributed by atoms with Gasteiger partial charge in [-0.2, -0.15) is 0 Å². The minimum Gasteiger partial charge on any atom is -0.352 e. The summed E-state index contributed by atoms with van der Waals surface area (Å²) in [6.45, 7) is 3.01. The highest BCUT2D eigenvalue weighted by Gasteiger charge is 2.08. The molecule has 2 amide bonds. The van der Waals surface area contributed by atoms with Crippen LogP contribution < -0.4 is 10.6 Å². The van der Waals surface area contributed by atoms with E-state index in [0.29, 0.717) is 24.2 Å². The quantitative estimate of drug-likeness (QED) is 0.858. The lowest BCUT2D eigenvalue weighted by Gasteiger charge is -2.06. The Labute approximate surface area is 129 Å². The summed E-state index contributed by atoms with van der Waals surface area (Å²) in [6, 6.07) is 12.2. The fraction of sp³-hybridized carbons (Fsp3) is 0.235. The second-order valence-corrected chi connectivity index (χ2v) is 4.84. The summed E-state index contributed by atoms with van der Waals surface area (Å²) >= 11 is 0. The third-order valence-corrected chi connectivity index (χ3v) is 3.10. The number of nitrogens with zero attached hydrogens (tertiary/aromatic N) is 1. The zero-order chi connectivity index (χ0) is 15.8. The van der Waals surface area contributed by atoms with Crippen LogP contribution in [-0.4, -0.2) is 23.3 Å². The SMILES string of the molecule is CCCNC(=O)c1ccc(C(=O)NCc2ccccn2)cc1. The monoisotopic (exact) mass is 297 g/mol. The van der Waals surface area contributed by atoms with Crippen molar-refractivity contribution < 1.29 is 9.59 Å². The second-order valence-electron chi connectivity index (χ2n) is 4.84. The zero-order valence-corrected chi connectivity index (χ0v) is 12.5. The van der Waals surface area contributed by atoms with Gasteiger partial charge < -0.3 is 10.6 Å². The molecule has 5 nitrogen and oxygen atoms in total. The van der Waals surface area contributed by atoms with Gasteiger partial charge in [-0.25, -0.2) is 0 Å². The molecule has 2 aromatic rings. The molecule has 0 unspecified atom stereocenters.